The molecule has 0 aliphatic heterocycles. The van der Waals surface area contributed by atoms with Crippen molar-refractivity contribution >= 4 is 34.8 Å². The Hall–Kier alpha value is -5.58. The first-order valence-corrected chi connectivity index (χ1v) is 12.9. The Morgan fingerprint density at radius 2 is 1.47 bits per heavy atom. The van der Waals surface area contributed by atoms with Crippen LogP contribution in [0.15, 0.2) is 73.5 Å². The second-order valence-corrected chi connectivity index (χ2v) is 8.73. The molecular weight excluding hydrogens is 554 g/mol. The summed E-state index contributed by atoms with van der Waals surface area (Å²) in [5.41, 5.74) is 8.38. The third kappa shape index (κ3) is 8.23. The fraction of sp³-hybridized carbons (Fsp3) is 0.188. The number of methoxy groups -OCH3 is 5. The minimum Gasteiger partial charge on any atom is -0.493 e. The van der Waals surface area contributed by atoms with E-state index in [2.05, 4.69) is 17.2 Å². The van der Waals surface area contributed by atoms with E-state index in [1.807, 2.05) is 0 Å². The van der Waals surface area contributed by atoms with Crippen LogP contribution in [0, 0.1) is 0 Å². The van der Waals surface area contributed by atoms with Gasteiger partial charge in [0.05, 0.1) is 46.9 Å². The van der Waals surface area contributed by atoms with Crippen LogP contribution in [0.25, 0.3) is 6.08 Å². The highest BCUT2D eigenvalue weighted by Crippen LogP contribution is 2.40. The van der Waals surface area contributed by atoms with Crippen molar-refractivity contribution in [2.45, 2.75) is 0 Å². The van der Waals surface area contributed by atoms with Gasteiger partial charge in [-0.05, 0) is 35.9 Å². The number of ether oxygens (including phenoxy) is 6. The standard InChI is InChI=1S/C32H35N3O8/c1-7-14-43-26-15-20(9-11-30(37)35-22-18-28(39-3)32(42-6)29(19-22)40-4)8-10-24(26)34-13-12-25(36)21-16-23(33)31(41-5)27(17-21)38-2/h7-13,15-19,34H,1,14,33H2,2-6H3,(H,35,37)/b11-9+,13-12-. The zero-order valence-electron chi connectivity index (χ0n) is 24.7. The van der Waals surface area contributed by atoms with Gasteiger partial charge in [-0.1, -0.05) is 18.7 Å². The lowest BCUT2D eigenvalue weighted by atomic mass is 10.1. The van der Waals surface area contributed by atoms with E-state index in [1.54, 1.807) is 48.6 Å². The van der Waals surface area contributed by atoms with E-state index in [-0.39, 0.29) is 24.0 Å². The topological polar surface area (TPSA) is 140 Å². The number of amides is 1. The maximum Gasteiger partial charge on any atom is 0.248 e. The Labute approximate surface area is 250 Å². The summed E-state index contributed by atoms with van der Waals surface area (Å²) >= 11 is 0. The van der Waals surface area contributed by atoms with E-state index < -0.39 is 0 Å². The molecular formula is C32H35N3O8. The Balaban J connectivity index is 1.74. The van der Waals surface area contributed by atoms with E-state index in [9.17, 15) is 9.59 Å². The number of hydrogen-bond acceptors (Lipinski definition) is 10. The summed E-state index contributed by atoms with van der Waals surface area (Å²) in [6.45, 7) is 3.94. The number of carbonyl (C=O) groups is 2. The summed E-state index contributed by atoms with van der Waals surface area (Å²) in [6.07, 6.45) is 7.48. The van der Waals surface area contributed by atoms with Crippen LogP contribution in [0.2, 0.25) is 0 Å². The molecule has 11 nitrogen and oxygen atoms in total. The maximum absolute atomic E-state index is 12.8. The third-order valence-electron chi connectivity index (χ3n) is 5.99. The number of nitrogens with one attached hydrogen (secondary N) is 2. The number of anilines is 3. The highest BCUT2D eigenvalue weighted by atomic mass is 16.5. The molecule has 4 N–H and O–H groups in total. The number of benzene rings is 3. The Kier molecular flexibility index (Phi) is 11.5. The van der Waals surface area contributed by atoms with Gasteiger partial charge >= 0.3 is 0 Å². The molecule has 0 saturated carbocycles. The van der Waals surface area contributed by atoms with Crippen molar-refractivity contribution in [3.63, 3.8) is 0 Å². The van der Waals surface area contributed by atoms with E-state index in [0.717, 1.165) is 0 Å². The van der Waals surface area contributed by atoms with Crippen molar-refractivity contribution in [3.8, 4) is 34.5 Å². The van der Waals surface area contributed by atoms with Gasteiger partial charge in [-0.15, -0.1) is 0 Å². The van der Waals surface area contributed by atoms with Crippen molar-refractivity contribution < 1.29 is 38.0 Å². The van der Waals surface area contributed by atoms with Crippen molar-refractivity contribution in [1.29, 1.82) is 0 Å². The largest absolute Gasteiger partial charge is 0.493 e. The van der Waals surface area contributed by atoms with E-state index in [0.29, 0.717) is 57.0 Å². The molecule has 0 spiro atoms. The van der Waals surface area contributed by atoms with Gasteiger partial charge in [0.25, 0.3) is 0 Å². The molecule has 0 unspecified atom stereocenters. The van der Waals surface area contributed by atoms with Gasteiger partial charge in [0, 0.05) is 41.7 Å². The summed E-state index contributed by atoms with van der Waals surface area (Å²) in [7, 11) is 7.43. The second kappa shape index (κ2) is 15.4. The van der Waals surface area contributed by atoms with E-state index >= 15 is 0 Å². The molecule has 0 atom stereocenters. The normalized spacial score (nSPS) is 10.7. The summed E-state index contributed by atoms with van der Waals surface area (Å²) < 4.78 is 32.3. The Morgan fingerprint density at radius 3 is 2.07 bits per heavy atom. The van der Waals surface area contributed by atoms with Crippen LogP contribution in [0.5, 0.6) is 34.5 Å². The first kappa shape index (κ1) is 31.9. The molecule has 226 valence electrons. The number of nitrogens with two attached hydrogens (primary N) is 1. The van der Waals surface area contributed by atoms with Crippen LogP contribution >= 0.6 is 0 Å². The quantitative estimate of drug-likeness (QED) is 0.0921. The van der Waals surface area contributed by atoms with Gasteiger partial charge in [-0.25, -0.2) is 0 Å². The molecule has 1 amide bonds. The number of allylic oxidation sites excluding steroid dienone is 1. The van der Waals surface area contributed by atoms with Crippen molar-refractivity contribution in [2.24, 2.45) is 0 Å². The fourth-order valence-corrected chi connectivity index (χ4v) is 3.98. The predicted octanol–water partition coefficient (Wildman–Crippen LogP) is 5.34. The summed E-state index contributed by atoms with van der Waals surface area (Å²) in [5.74, 6) is 1.78. The maximum atomic E-state index is 12.8. The molecule has 0 saturated heterocycles. The zero-order valence-corrected chi connectivity index (χ0v) is 24.7. The van der Waals surface area contributed by atoms with Crippen molar-refractivity contribution in [3.05, 3.63) is 84.6 Å². The lowest BCUT2D eigenvalue weighted by Crippen LogP contribution is -2.08. The molecule has 0 heterocycles. The highest BCUT2D eigenvalue weighted by molar-refractivity contribution is 6.06. The van der Waals surface area contributed by atoms with E-state index in [1.165, 1.54) is 60.0 Å². The SMILES string of the molecule is C=CCOc1cc(/C=C/C(=O)Nc2cc(OC)c(OC)c(OC)c2)ccc1N/C=C\C(=O)c1cc(N)c(OC)c(OC)c1. The van der Waals surface area contributed by atoms with Gasteiger partial charge in [-0.2, -0.15) is 0 Å². The molecule has 0 aromatic heterocycles. The van der Waals surface area contributed by atoms with Gasteiger partial charge in [0.15, 0.2) is 28.8 Å². The average molecular weight is 590 g/mol. The van der Waals surface area contributed by atoms with Gasteiger partial charge < -0.3 is 44.8 Å². The molecule has 0 aliphatic carbocycles. The predicted molar refractivity (Wildman–Crippen MR) is 167 cm³/mol. The first-order chi connectivity index (χ1) is 20.8. The second-order valence-electron chi connectivity index (χ2n) is 8.73. The first-order valence-electron chi connectivity index (χ1n) is 12.9. The molecule has 43 heavy (non-hydrogen) atoms. The number of nitrogen functional groups attached to an aromatic ring is 1. The molecule has 0 aliphatic rings. The number of rotatable bonds is 15. The Bertz CT molecular complexity index is 1510. The third-order valence-corrected chi connectivity index (χ3v) is 5.99. The molecule has 3 aromatic rings. The van der Waals surface area contributed by atoms with Gasteiger partial charge in [-0.3, -0.25) is 9.59 Å². The van der Waals surface area contributed by atoms with Crippen LogP contribution in [0.3, 0.4) is 0 Å². The zero-order chi connectivity index (χ0) is 31.4. The fourth-order valence-electron chi connectivity index (χ4n) is 3.98. The summed E-state index contributed by atoms with van der Waals surface area (Å²) in [5, 5.41) is 5.84. The number of carbonyl (C=O) groups excluding carboxylic acids is 2. The summed E-state index contributed by atoms with van der Waals surface area (Å²) in [6, 6.07) is 11.6. The lowest BCUT2D eigenvalue weighted by molar-refractivity contribution is -0.111. The number of ketones is 1. The van der Waals surface area contributed by atoms with Gasteiger partial charge in [0.1, 0.15) is 12.4 Å². The van der Waals surface area contributed by atoms with E-state index in [4.69, 9.17) is 34.2 Å². The molecule has 0 radical (unpaired) electrons. The Morgan fingerprint density at radius 1 is 0.814 bits per heavy atom. The average Bonchev–Trinajstić information content (AvgIpc) is 3.02. The molecule has 3 rings (SSSR count). The highest BCUT2D eigenvalue weighted by Gasteiger charge is 2.15. The van der Waals surface area contributed by atoms with Crippen LogP contribution in [0.1, 0.15) is 15.9 Å². The number of hydrogen-bond donors (Lipinski definition) is 3. The van der Waals surface area contributed by atoms with Crippen molar-refractivity contribution in [2.75, 3.05) is 58.5 Å². The van der Waals surface area contributed by atoms with Crippen molar-refractivity contribution in [1.82, 2.24) is 0 Å². The minimum atomic E-state index is -0.373. The van der Waals surface area contributed by atoms with Crippen LogP contribution in [0.4, 0.5) is 17.1 Å². The van der Waals surface area contributed by atoms with Crippen LogP contribution in [-0.2, 0) is 4.79 Å². The molecule has 0 fully saturated rings. The van der Waals surface area contributed by atoms with Crippen LogP contribution in [-0.4, -0.2) is 53.8 Å². The molecule has 11 heteroatoms. The monoisotopic (exact) mass is 589 g/mol. The lowest BCUT2D eigenvalue weighted by Gasteiger charge is -2.14. The minimum absolute atomic E-state index is 0.247. The molecule has 0 bridgehead atoms. The smallest absolute Gasteiger partial charge is 0.248 e. The van der Waals surface area contributed by atoms with Crippen LogP contribution < -0.4 is 44.8 Å². The summed E-state index contributed by atoms with van der Waals surface area (Å²) in [4.78, 5) is 25.4. The van der Waals surface area contributed by atoms with Gasteiger partial charge in [0.2, 0.25) is 11.7 Å². The molecule has 3 aromatic carbocycles.